The van der Waals surface area contributed by atoms with Crippen LogP contribution in [0.15, 0.2) is 0 Å². The maximum absolute atomic E-state index is 2.86. The Morgan fingerprint density at radius 3 is 1.74 bits per heavy atom. The summed E-state index contributed by atoms with van der Waals surface area (Å²) in [4.78, 5) is 0. The van der Waals surface area contributed by atoms with Crippen molar-refractivity contribution in [1.82, 2.24) is 0 Å². The maximum atomic E-state index is 2.86. The van der Waals surface area contributed by atoms with E-state index in [1.54, 1.807) is 0 Å². The Balaban J connectivity index is 1.81. The first-order chi connectivity index (χ1) is 20.8. The fourth-order valence-electron chi connectivity index (χ4n) is 16.7. The Bertz CT molecular complexity index is 1020. The van der Waals surface area contributed by atoms with E-state index < -0.39 is 0 Å². The highest BCUT2D eigenvalue weighted by Gasteiger charge is 2.74. The van der Waals surface area contributed by atoms with Crippen molar-refractivity contribution in [1.29, 1.82) is 0 Å². The molecule has 0 N–H and O–H groups in total. The van der Waals surface area contributed by atoms with Crippen molar-refractivity contribution in [3.8, 4) is 0 Å². The summed E-state index contributed by atoms with van der Waals surface area (Å²) >= 11 is 0. The molecule has 17 atom stereocenters. The largest absolute Gasteiger partial charge is 0.0625 e. The summed E-state index contributed by atoms with van der Waals surface area (Å²) in [6.07, 6.45) is 10.0. The van der Waals surface area contributed by atoms with Gasteiger partial charge in [-0.1, -0.05) is 132 Å². The molecule has 0 aliphatic heterocycles. The Hall–Kier alpha value is 0. The molecule has 17 unspecified atom stereocenters. The number of rotatable bonds is 7. The van der Waals surface area contributed by atoms with Gasteiger partial charge in [0.15, 0.2) is 0 Å². The molecule has 0 spiro atoms. The van der Waals surface area contributed by atoms with Crippen LogP contribution in [0, 0.1) is 116 Å². The predicted molar refractivity (Wildman–Crippen MR) is 205 cm³/mol. The van der Waals surface area contributed by atoms with Gasteiger partial charge in [-0.3, -0.25) is 0 Å². The van der Waals surface area contributed by atoms with Crippen LogP contribution >= 0.6 is 0 Å². The van der Waals surface area contributed by atoms with Crippen LogP contribution in [0.2, 0.25) is 0 Å². The highest BCUT2D eigenvalue weighted by Crippen LogP contribution is 2.79. The van der Waals surface area contributed by atoms with Gasteiger partial charge in [0, 0.05) is 0 Å². The first-order valence-electron chi connectivity index (χ1n) is 20.8. The van der Waals surface area contributed by atoms with Crippen LogP contribution in [0.25, 0.3) is 0 Å². The third-order valence-electron chi connectivity index (χ3n) is 17.4. The van der Waals surface area contributed by atoms with Gasteiger partial charge in [0.1, 0.15) is 0 Å². The number of hydrogen-bond acceptors (Lipinski definition) is 0. The van der Waals surface area contributed by atoms with Crippen molar-refractivity contribution in [2.75, 3.05) is 0 Å². The lowest BCUT2D eigenvalue weighted by Gasteiger charge is -2.78. The number of hydrogen-bond donors (Lipinski definition) is 0. The van der Waals surface area contributed by atoms with E-state index in [0.29, 0.717) is 27.1 Å². The predicted octanol–water partition coefficient (Wildman–Crippen LogP) is 14.3. The van der Waals surface area contributed by atoms with E-state index in [-0.39, 0.29) is 0 Å². The summed E-state index contributed by atoms with van der Waals surface area (Å²) < 4.78 is 0. The van der Waals surface area contributed by atoms with Crippen LogP contribution in [0.1, 0.15) is 176 Å². The summed E-state index contributed by atoms with van der Waals surface area (Å²) in [6, 6.07) is 0. The summed E-state index contributed by atoms with van der Waals surface area (Å²) in [5.41, 5.74) is 2.04. The minimum atomic E-state index is 0.389. The minimum Gasteiger partial charge on any atom is -0.0625 e. The SMILES string of the molecule is CC(CC1CCC2C(C1C)C(C)C1C(C)C3(CC(C)CC(C)(C)C)C(C)C(C(C)C)C(C)CC3(C)C(C)C1(C)C2C)CC(C)(C)C. The van der Waals surface area contributed by atoms with E-state index >= 15 is 0 Å². The molecule has 46 heavy (non-hydrogen) atoms. The van der Waals surface area contributed by atoms with Gasteiger partial charge in [-0.2, -0.15) is 0 Å². The van der Waals surface area contributed by atoms with Crippen molar-refractivity contribution in [3.05, 3.63) is 0 Å². The van der Waals surface area contributed by atoms with Crippen molar-refractivity contribution < 1.29 is 0 Å². The quantitative estimate of drug-likeness (QED) is 0.260. The molecule has 0 amide bonds. The molecule has 0 radical (unpaired) electrons. The van der Waals surface area contributed by atoms with E-state index in [1.165, 1.54) is 44.9 Å². The van der Waals surface area contributed by atoms with Crippen LogP contribution in [-0.4, -0.2) is 0 Å². The molecule has 4 saturated carbocycles. The monoisotopic (exact) mass is 639 g/mol. The topological polar surface area (TPSA) is 0 Å². The van der Waals surface area contributed by atoms with Crippen molar-refractivity contribution in [2.45, 2.75) is 176 Å². The van der Waals surface area contributed by atoms with Gasteiger partial charge in [0.2, 0.25) is 0 Å². The molecular weight excluding hydrogens is 553 g/mol. The average molecular weight is 639 g/mol. The molecule has 0 nitrogen and oxygen atoms in total. The Kier molecular flexibility index (Phi) is 10.9. The van der Waals surface area contributed by atoms with Gasteiger partial charge in [-0.15, -0.1) is 0 Å². The first-order valence-corrected chi connectivity index (χ1v) is 20.8. The van der Waals surface area contributed by atoms with Gasteiger partial charge >= 0.3 is 0 Å². The van der Waals surface area contributed by atoms with Gasteiger partial charge in [0.25, 0.3) is 0 Å². The molecule has 0 aromatic rings. The van der Waals surface area contributed by atoms with Crippen LogP contribution in [0.3, 0.4) is 0 Å². The zero-order valence-electron chi connectivity index (χ0n) is 35.1. The summed E-state index contributed by atoms with van der Waals surface area (Å²) in [5.74, 6) is 12.4. The number of fused-ring (bicyclic) bond motifs is 3. The second-order valence-corrected chi connectivity index (χ2v) is 22.9. The molecular formula is C46H86. The fraction of sp³-hybridized carbons (Fsp3) is 1.00. The first kappa shape index (κ1) is 38.8. The van der Waals surface area contributed by atoms with E-state index in [1.807, 2.05) is 0 Å². The zero-order valence-corrected chi connectivity index (χ0v) is 35.1. The third kappa shape index (κ3) is 6.26. The van der Waals surface area contributed by atoms with Crippen LogP contribution in [0.4, 0.5) is 0 Å². The molecule has 270 valence electrons. The van der Waals surface area contributed by atoms with E-state index in [4.69, 9.17) is 0 Å². The summed E-state index contributed by atoms with van der Waals surface area (Å²) in [5, 5.41) is 0. The Morgan fingerprint density at radius 2 is 1.22 bits per heavy atom. The third-order valence-corrected chi connectivity index (χ3v) is 17.4. The van der Waals surface area contributed by atoms with E-state index in [0.717, 1.165) is 88.8 Å². The second-order valence-electron chi connectivity index (χ2n) is 22.9. The maximum Gasteiger partial charge on any atom is -0.0181 e. The van der Waals surface area contributed by atoms with Crippen LogP contribution in [0.5, 0.6) is 0 Å². The van der Waals surface area contributed by atoms with Gasteiger partial charge < -0.3 is 0 Å². The lowest BCUT2D eigenvalue weighted by atomic mass is 9.27. The standard InChI is InChI=1S/C46H86/c1-27(2)39-30(5)26-44(18)36(11)45(19)33(8)38-21-20-37(22-28(3)23-42(12,13)14)31(6)40(38)32(7)41(45)35(10)46(44,34(39)9)25-29(4)24-43(15,16)17/h27-41H,20-26H2,1-19H3. The molecule has 0 saturated heterocycles. The van der Waals surface area contributed by atoms with Crippen molar-refractivity contribution in [2.24, 2.45) is 116 Å². The van der Waals surface area contributed by atoms with Crippen LogP contribution < -0.4 is 0 Å². The molecule has 0 bridgehead atoms. The molecule has 0 aromatic carbocycles. The highest BCUT2D eigenvalue weighted by molar-refractivity contribution is 5.21. The van der Waals surface area contributed by atoms with Crippen LogP contribution in [-0.2, 0) is 0 Å². The van der Waals surface area contributed by atoms with Gasteiger partial charge in [0.05, 0.1) is 0 Å². The molecule has 4 fully saturated rings. The van der Waals surface area contributed by atoms with E-state index in [2.05, 4.69) is 132 Å². The fourth-order valence-corrected chi connectivity index (χ4v) is 16.7. The van der Waals surface area contributed by atoms with Gasteiger partial charge in [-0.05, 0) is 161 Å². The lowest BCUT2D eigenvalue weighted by Crippen LogP contribution is -2.72. The molecule has 4 aliphatic carbocycles. The highest BCUT2D eigenvalue weighted by atomic mass is 14.8. The molecule has 0 heteroatoms. The zero-order chi connectivity index (χ0) is 35.1. The molecule has 0 heterocycles. The smallest absolute Gasteiger partial charge is 0.0181 e. The Labute approximate surface area is 291 Å². The summed E-state index contributed by atoms with van der Waals surface area (Å²) in [6.45, 7) is 50.3. The average Bonchev–Trinajstić information content (AvgIpc) is 2.87. The summed E-state index contributed by atoms with van der Waals surface area (Å²) in [7, 11) is 0. The molecule has 0 aromatic heterocycles. The second kappa shape index (κ2) is 13.0. The van der Waals surface area contributed by atoms with Crippen molar-refractivity contribution >= 4 is 0 Å². The Morgan fingerprint density at radius 1 is 0.674 bits per heavy atom. The lowest BCUT2D eigenvalue weighted by molar-refractivity contribution is -0.302. The molecule has 4 aliphatic rings. The normalized spacial score (nSPS) is 49.6. The van der Waals surface area contributed by atoms with E-state index in [9.17, 15) is 0 Å². The van der Waals surface area contributed by atoms with Gasteiger partial charge in [-0.25, -0.2) is 0 Å². The molecule has 4 rings (SSSR count). The minimum absolute atomic E-state index is 0.389. The van der Waals surface area contributed by atoms with Crippen molar-refractivity contribution in [3.63, 3.8) is 0 Å².